The molecule has 1 amide bonds. The molecule has 10 heteroatoms. The molecule has 0 bridgehead atoms. The summed E-state index contributed by atoms with van der Waals surface area (Å²) in [5, 5.41) is 2.76. The van der Waals surface area contributed by atoms with Crippen LogP contribution in [0.4, 0.5) is 5.69 Å². The van der Waals surface area contributed by atoms with Crippen LogP contribution in [0.1, 0.15) is 39.4 Å². The third-order valence-electron chi connectivity index (χ3n) is 5.64. The number of alkyl halides is 2. The second-order valence-electron chi connectivity index (χ2n) is 8.71. The number of imidazole rings is 1. The summed E-state index contributed by atoms with van der Waals surface area (Å²) in [5.41, 5.74) is 9.03. The van der Waals surface area contributed by atoms with Crippen LogP contribution >= 0.6 is 23.2 Å². The molecule has 0 saturated heterocycles. The quantitative estimate of drug-likeness (QED) is 0.297. The summed E-state index contributed by atoms with van der Waals surface area (Å²) in [6, 6.07) is 4.63. The molecule has 0 unspecified atom stereocenters. The Balaban J connectivity index is 2.07. The van der Waals surface area contributed by atoms with Crippen molar-refractivity contribution in [3.8, 4) is 0 Å². The molecule has 2 aromatic rings. The number of aromatic nitrogens is 2. The fourth-order valence-electron chi connectivity index (χ4n) is 3.86. The van der Waals surface area contributed by atoms with Crippen molar-refractivity contribution in [2.24, 2.45) is 18.7 Å². The van der Waals surface area contributed by atoms with Gasteiger partial charge in [0.2, 0.25) is 5.91 Å². The number of hydrogen-bond acceptors (Lipinski definition) is 6. The number of benzene rings is 1. The lowest BCUT2D eigenvalue weighted by molar-refractivity contribution is -0.148. The molecular formula is C24H37Cl2N5O3. The predicted molar refractivity (Wildman–Crippen MR) is 139 cm³/mol. The Labute approximate surface area is 212 Å². The number of ether oxygens (including phenoxy) is 1. The highest BCUT2D eigenvalue weighted by Gasteiger charge is 2.26. The normalized spacial score (nSPS) is 13.2. The number of carbonyl (C=O) groups excluding carboxylic acids is 2. The van der Waals surface area contributed by atoms with Gasteiger partial charge in [0, 0.05) is 44.0 Å². The van der Waals surface area contributed by atoms with Crippen molar-refractivity contribution in [1.82, 2.24) is 14.9 Å². The van der Waals surface area contributed by atoms with E-state index in [1.807, 2.05) is 43.7 Å². The Morgan fingerprint density at radius 1 is 1.24 bits per heavy atom. The number of amides is 1. The van der Waals surface area contributed by atoms with E-state index in [-0.39, 0.29) is 18.4 Å². The first-order valence-electron chi connectivity index (χ1n) is 11.8. The second kappa shape index (κ2) is 13.8. The van der Waals surface area contributed by atoms with E-state index in [4.69, 9.17) is 38.7 Å². The summed E-state index contributed by atoms with van der Waals surface area (Å²) in [6.07, 6.45) is 1.42. The second-order valence-corrected chi connectivity index (χ2v) is 9.47. The van der Waals surface area contributed by atoms with Crippen LogP contribution in [-0.2, 0) is 27.8 Å². The highest BCUT2D eigenvalue weighted by molar-refractivity contribution is 6.18. The molecule has 0 aliphatic rings. The van der Waals surface area contributed by atoms with Gasteiger partial charge in [-0.15, -0.1) is 23.2 Å². The van der Waals surface area contributed by atoms with Crippen LogP contribution in [0.25, 0.3) is 11.0 Å². The van der Waals surface area contributed by atoms with Crippen LogP contribution in [0.2, 0.25) is 0 Å². The minimum atomic E-state index is -0.762. The van der Waals surface area contributed by atoms with Gasteiger partial charge < -0.3 is 25.3 Å². The van der Waals surface area contributed by atoms with Crippen molar-refractivity contribution in [3.05, 3.63) is 24.0 Å². The van der Waals surface area contributed by atoms with Gasteiger partial charge in [-0.1, -0.05) is 13.8 Å². The van der Waals surface area contributed by atoms with Gasteiger partial charge in [-0.3, -0.25) is 4.79 Å². The summed E-state index contributed by atoms with van der Waals surface area (Å²) < 4.78 is 7.11. The Bertz CT molecular complexity index is 944. The van der Waals surface area contributed by atoms with Gasteiger partial charge in [0.15, 0.2) is 0 Å². The van der Waals surface area contributed by atoms with Crippen molar-refractivity contribution >= 4 is 51.8 Å². The van der Waals surface area contributed by atoms with Crippen molar-refractivity contribution < 1.29 is 14.3 Å². The van der Waals surface area contributed by atoms with E-state index in [0.717, 1.165) is 22.5 Å². The largest absolute Gasteiger partial charge is 0.464 e. The van der Waals surface area contributed by atoms with Crippen LogP contribution in [0.5, 0.6) is 0 Å². The van der Waals surface area contributed by atoms with Crippen LogP contribution in [0, 0.1) is 5.92 Å². The maximum atomic E-state index is 12.7. The Morgan fingerprint density at radius 3 is 2.50 bits per heavy atom. The van der Waals surface area contributed by atoms with E-state index in [9.17, 15) is 9.59 Å². The summed E-state index contributed by atoms with van der Waals surface area (Å²) in [5.74, 6) is 1.28. The van der Waals surface area contributed by atoms with E-state index in [1.54, 1.807) is 6.92 Å². The third-order valence-corrected chi connectivity index (χ3v) is 5.98. The fraction of sp³-hybridized carbons (Fsp3) is 0.625. The monoisotopic (exact) mass is 513 g/mol. The smallest absolute Gasteiger partial charge is 0.328 e. The third kappa shape index (κ3) is 7.75. The molecule has 1 aromatic heterocycles. The standard InChI is InChI=1S/C24H37Cl2N5O3/c1-5-34-24(33)20(14-16(2)3)29-23(32)18(27)7-9-22-28-19-15-17(6-8-21(19)30(22)4)31(12-10-25)13-11-26/h6,8,15-16,18,20H,5,7,9-14,27H2,1-4H3,(H,29,32)/t18-,20-/m1/s1. The van der Waals surface area contributed by atoms with Crippen molar-refractivity contribution in [1.29, 1.82) is 0 Å². The van der Waals surface area contributed by atoms with Gasteiger partial charge in [-0.25, -0.2) is 9.78 Å². The minimum Gasteiger partial charge on any atom is -0.464 e. The Morgan fingerprint density at radius 2 is 1.91 bits per heavy atom. The van der Waals surface area contributed by atoms with Crippen LogP contribution < -0.4 is 16.0 Å². The van der Waals surface area contributed by atoms with Gasteiger partial charge >= 0.3 is 5.97 Å². The predicted octanol–water partition coefficient (Wildman–Crippen LogP) is 3.21. The zero-order chi connectivity index (χ0) is 25.3. The van der Waals surface area contributed by atoms with Gasteiger partial charge in [-0.05, 0) is 43.9 Å². The first-order valence-corrected chi connectivity index (χ1v) is 12.8. The number of nitrogens with one attached hydrogen (secondary N) is 1. The average Bonchev–Trinajstić information content (AvgIpc) is 3.11. The van der Waals surface area contributed by atoms with Crippen molar-refractivity contribution in [2.75, 3.05) is 36.4 Å². The number of rotatable bonds is 14. The number of nitrogens with zero attached hydrogens (tertiary/aromatic N) is 3. The first kappa shape index (κ1) is 28.2. The lowest BCUT2D eigenvalue weighted by Crippen LogP contribution is -2.49. The molecule has 1 heterocycles. The number of hydrogen-bond donors (Lipinski definition) is 2. The molecule has 0 radical (unpaired) electrons. The molecule has 34 heavy (non-hydrogen) atoms. The number of aryl methyl sites for hydroxylation is 2. The van der Waals surface area contributed by atoms with E-state index in [1.165, 1.54) is 0 Å². The summed E-state index contributed by atoms with van der Waals surface area (Å²) in [4.78, 5) is 31.8. The highest BCUT2D eigenvalue weighted by Crippen LogP contribution is 2.23. The molecule has 1 aromatic carbocycles. The van der Waals surface area contributed by atoms with Crippen LogP contribution in [0.3, 0.4) is 0 Å². The van der Waals surface area contributed by atoms with Crippen molar-refractivity contribution in [2.45, 2.75) is 52.1 Å². The lowest BCUT2D eigenvalue weighted by atomic mass is 10.0. The van der Waals surface area contributed by atoms with E-state index >= 15 is 0 Å². The molecule has 2 atom stereocenters. The van der Waals surface area contributed by atoms with Gasteiger partial charge in [0.05, 0.1) is 23.7 Å². The Hall–Kier alpha value is -2.03. The van der Waals surface area contributed by atoms with Gasteiger partial charge in [0.1, 0.15) is 11.9 Å². The van der Waals surface area contributed by atoms with E-state index < -0.39 is 18.1 Å². The maximum absolute atomic E-state index is 12.7. The molecule has 8 nitrogen and oxygen atoms in total. The number of nitrogens with two attached hydrogens (primary N) is 1. The number of halogens is 2. The van der Waals surface area contributed by atoms with Crippen LogP contribution in [-0.4, -0.2) is 65.0 Å². The fourth-order valence-corrected chi connectivity index (χ4v) is 4.26. The molecule has 0 aliphatic heterocycles. The molecule has 0 spiro atoms. The molecule has 0 aliphatic carbocycles. The van der Waals surface area contributed by atoms with Crippen LogP contribution in [0.15, 0.2) is 18.2 Å². The first-order chi connectivity index (χ1) is 16.2. The zero-order valence-electron chi connectivity index (χ0n) is 20.5. The van der Waals surface area contributed by atoms with E-state index in [0.29, 0.717) is 44.1 Å². The number of fused-ring (bicyclic) bond motifs is 1. The molecular weight excluding hydrogens is 477 g/mol. The number of esters is 1. The molecule has 0 fully saturated rings. The molecule has 2 rings (SSSR count). The molecule has 190 valence electrons. The molecule has 0 saturated carbocycles. The van der Waals surface area contributed by atoms with Gasteiger partial charge in [-0.2, -0.15) is 0 Å². The highest BCUT2D eigenvalue weighted by atomic mass is 35.5. The van der Waals surface area contributed by atoms with E-state index in [2.05, 4.69) is 10.2 Å². The van der Waals surface area contributed by atoms with Gasteiger partial charge in [0.25, 0.3) is 0 Å². The number of anilines is 1. The minimum absolute atomic E-state index is 0.223. The summed E-state index contributed by atoms with van der Waals surface area (Å²) >= 11 is 11.9. The summed E-state index contributed by atoms with van der Waals surface area (Å²) in [7, 11) is 1.95. The average molecular weight is 514 g/mol. The zero-order valence-corrected chi connectivity index (χ0v) is 22.0. The van der Waals surface area contributed by atoms with Crippen molar-refractivity contribution in [3.63, 3.8) is 0 Å². The number of carbonyl (C=O) groups is 2. The Kier molecular flexibility index (Phi) is 11.4. The topological polar surface area (TPSA) is 102 Å². The summed E-state index contributed by atoms with van der Waals surface area (Å²) in [6.45, 7) is 7.38. The lowest BCUT2D eigenvalue weighted by Gasteiger charge is -2.22. The molecule has 3 N–H and O–H groups in total. The maximum Gasteiger partial charge on any atom is 0.328 e. The SMILES string of the molecule is CCOC(=O)[C@@H](CC(C)C)NC(=O)[C@H](N)CCc1nc2cc(N(CCCl)CCCl)ccc2n1C.